The number of hydrogen-bond donors (Lipinski definition) is 0. The summed E-state index contributed by atoms with van der Waals surface area (Å²) < 4.78 is 36.6. The van der Waals surface area contributed by atoms with Gasteiger partial charge in [-0.3, -0.25) is 9.55 Å². The van der Waals surface area contributed by atoms with Crippen LogP contribution < -0.4 is 9.47 Å². The minimum absolute atomic E-state index is 0.135. The topological polar surface area (TPSA) is 49.2 Å². The van der Waals surface area contributed by atoms with E-state index in [0.29, 0.717) is 23.6 Å². The summed E-state index contributed by atoms with van der Waals surface area (Å²) in [6.45, 7) is -2.57. The summed E-state index contributed by atoms with van der Waals surface area (Å²) in [5, 5.41) is 0. The van der Waals surface area contributed by atoms with Crippen molar-refractivity contribution in [3.63, 3.8) is 0 Å². The summed E-state index contributed by atoms with van der Waals surface area (Å²) in [7, 11) is 1.51. The van der Waals surface area contributed by atoms with Crippen LogP contribution in [0.4, 0.5) is 8.78 Å². The lowest BCUT2D eigenvalue weighted by Gasteiger charge is -2.12. The molecule has 3 aromatic rings. The maximum Gasteiger partial charge on any atom is 0.387 e. The highest BCUT2D eigenvalue weighted by atomic mass is 19.3. The van der Waals surface area contributed by atoms with E-state index in [-0.39, 0.29) is 5.75 Å². The minimum Gasteiger partial charge on any atom is -0.468 e. The Morgan fingerprint density at radius 1 is 1.23 bits per heavy atom. The molecule has 0 atom stereocenters. The molecule has 0 bridgehead atoms. The van der Waals surface area contributed by atoms with Crippen molar-refractivity contribution in [2.24, 2.45) is 0 Å². The van der Waals surface area contributed by atoms with Crippen molar-refractivity contribution in [2.45, 2.75) is 13.2 Å². The van der Waals surface area contributed by atoms with Gasteiger partial charge in [-0.2, -0.15) is 13.8 Å². The summed E-state index contributed by atoms with van der Waals surface area (Å²) in [4.78, 5) is 8.32. The standard InChI is InChI=1S/C15H13F2N3O2/c1-21-15-19-11-8-18-7-6-12(11)20(15)9-10-4-2-3-5-13(10)22-14(16)17/h2-8,14H,9H2,1H3. The van der Waals surface area contributed by atoms with Gasteiger partial charge in [-0.05, 0) is 12.1 Å². The van der Waals surface area contributed by atoms with Crippen LogP contribution in [0.15, 0.2) is 42.7 Å². The molecule has 22 heavy (non-hydrogen) atoms. The van der Waals surface area contributed by atoms with Crippen LogP contribution in [0.2, 0.25) is 0 Å². The first-order valence-electron chi connectivity index (χ1n) is 6.56. The Kier molecular flexibility index (Phi) is 3.86. The lowest BCUT2D eigenvalue weighted by atomic mass is 10.2. The Labute approximate surface area is 125 Å². The third kappa shape index (κ3) is 2.69. The zero-order valence-electron chi connectivity index (χ0n) is 11.7. The zero-order valence-corrected chi connectivity index (χ0v) is 11.7. The zero-order chi connectivity index (χ0) is 15.5. The van der Waals surface area contributed by atoms with E-state index in [2.05, 4.69) is 14.7 Å². The highest BCUT2D eigenvalue weighted by Gasteiger charge is 2.15. The number of methoxy groups -OCH3 is 1. The lowest BCUT2D eigenvalue weighted by Crippen LogP contribution is -2.08. The van der Waals surface area contributed by atoms with Crippen molar-refractivity contribution in [3.8, 4) is 11.8 Å². The van der Waals surface area contributed by atoms with Crippen LogP contribution in [0.25, 0.3) is 11.0 Å². The maximum absolute atomic E-state index is 12.5. The molecule has 0 aliphatic rings. The van der Waals surface area contributed by atoms with Crippen LogP contribution >= 0.6 is 0 Å². The molecule has 0 N–H and O–H groups in total. The normalized spacial score (nSPS) is 11.1. The highest BCUT2D eigenvalue weighted by Crippen LogP contribution is 2.26. The second-order valence-corrected chi connectivity index (χ2v) is 4.54. The molecule has 5 nitrogen and oxygen atoms in total. The number of hydrogen-bond acceptors (Lipinski definition) is 4. The molecule has 7 heteroatoms. The molecule has 1 aromatic carbocycles. The van der Waals surface area contributed by atoms with E-state index in [9.17, 15) is 8.78 Å². The number of fused-ring (bicyclic) bond motifs is 1. The Bertz CT molecular complexity index is 789. The average molecular weight is 305 g/mol. The van der Waals surface area contributed by atoms with Crippen LogP contribution in [0.5, 0.6) is 11.8 Å². The van der Waals surface area contributed by atoms with Gasteiger partial charge in [-0.15, -0.1) is 0 Å². The van der Waals surface area contributed by atoms with E-state index in [0.717, 1.165) is 5.52 Å². The van der Waals surface area contributed by atoms with E-state index in [4.69, 9.17) is 4.74 Å². The van der Waals surface area contributed by atoms with Crippen molar-refractivity contribution in [1.29, 1.82) is 0 Å². The van der Waals surface area contributed by atoms with Gasteiger partial charge in [0.05, 0.1) is 25.4 Å². The molecule has 0 saturated carbocycles. The van der Waals surface area contributed by atoms with Crippen LogP contribution in [-0.4, -0.2) is 28.3 Å². The molecule has 0 unspecified atom stereocenters. The van der Waals surface area contributed by atoms with Crippen molar-refractivity contribution in [2.75, 3.05) is 7.11 Å². The minimum atomic E-state index is -2.87. The number of rotatable bonds is 5. The quantitative estimate of drug-likeness (QED) is 0.727. The van der Waals surface area contributed by atoms with Gasteiger partial charge < -0.3 is 9.47 Å². The number of alkyl halides is 2. The van der Waals surface area contributed by atoms with Crippen LogP contribution in [0.1, 0.15) is 5.56 Å². The fourth-order valence-electron chi connectivity index (χ4n) is 2.28. The molecule has 0 fully saturated rings. The Morgan fingerprint density at radius 3 is 2.82 bits per heavy atom. The monoisotopic (exact) mass is 305 g/mol. The van der Waals surface area contributed by atoms with E-state index in [1.165, 1.54) is 13.2 Å². The van der Waals surface area contributed by atoms with E-state index in [1.54, 1.807) is 41.2 Å². The number of halogens is 2. The van der Waals surface area contributed by atoms with Gasteiger partial charge in [0.15, 0.2) is 0 Å². The van der Waals surface area contributed by atoms with Gasteiger partial charge in [-0.1, -0.05) is 18.2 Å². The third-order valence-corrected chi connectivity index (χ3v) is 3.22. The van der Waals surface area contributed by atoms with E-state index < -0.39 is 6.61 Å². The maximum atomic E-state index is 12.5. The Hall–Kier alpha value is -2.70. The van der Waals surface area contributed by atoms with Gasteiger partial charge >= 0.3 is 6.61 Å². The number of imidazole rings is 1. The largest absolute Gasteiger partial charge is 0.468 e. The number of aromatic nitrogens is 3. The van der Waals surface area contributed by atoms with Gasteiger partial charge in [0.25, 0.3) is 6.01 Å². The predicted molar refractivity (Wildman–Crippen MR) is 76.3 cm³/mol. The molecule has 2 aromatic heterocycles. The highest BCUT2D eigenvalue weighted by molar-refractivity contribution is 5.75. The summed E-state index contributed by atoms with van der Waals surface area (Å²) in [5.41, 5.74) is 2.09. The number of ether oxygens (including phenoxy) is 2. The summed E-state index contributed by atoms with van der Waals surface area (Å²) in [5.74, 6) is 0.135. The molecular formula is C15H13F2N3O2. The smallest absolute Gasteiger partial charge is 0.387 e. The predicted octanol–water partition coefficient (Wildman–Crippen LogP) is 3.09. The van der Waals surface area contributed by atoms with Crippen molar-refractivity contribution in [3.05, 3.63) is 48.3 Å². The lowest BCUT2D eigenvalue weighted by molar-refractivity contribution is -0.0504. The molecule has 114 valence electrons. The number of para-hydroxylation sites is 1. The van der Waals surface area contributed by atoms with Crippen LogP contribution in [0, 0.1) is 0 Å². The average Bonchev–Trinajstić information content (AvgIpc) is 2.87. The second kappa shape index (κ2) is 5.97. The number of nitrogens with zero attached hydrogens (tertiary/aromatic N) is 3. The van der Waals surface area contributed by atoms with Crippen molar-refractivity contribution < 1.29 is 18.3 Å². The van der Waals surface area contributed by atoms with Crippen molar-refractivity contribution in [1.82, 2.24) is 14.5 Å². The van der Waals surface area contributed by atoms with E-state index in [1.807, 2.05) is 0 Å². The number of benzene rings is 1. The summed E-state index contributed by atoms with van der Waals surface area (Å²) in [6.07, 6.45) is 3.26. The molecule has 3 rings (SSSR count). The molecule has 0 aliphatic heterocycles. The van der Waals surface area contributed by atoms with E-state index >= 15 is 0 Å². The van der Waals surface area contributed by atoms with Gasteiger partial charge in [0.2, 0.25) is 0 Å². The Morgan fingerprint density at radius 2 is 2.05 bits per heavy atom. The van der Waals surface area contributed by atoms with Gasteiger partial charge in [0, 0.05) is 11.8 Å². The second-order valence-electron chi connectivity index (χ2n) is 4.54. The fourth-order valence-corrected chi connectivity index (χ4v) is 2.28. The van der Waals surface area contributed by atoms with Crippen LogP contribution in [0.3, 0.4) is 0 Å². The van der Waals surface area contributed by atoms with Crippen molar-refractivity contribution >= 4 is 11.0 Å². The molecular weight excluding hydrogens is 292 g/mol. The first-order chi connectivity index (χ1) is 10.7. The van der Waals surface area contributed by atoms with Crippen LogP contribution in [-0.2, 0) is 6.54 Å². The number of pyridine rings is 1. The first-order valence-corrected chi connectivity index (χ1v) is 6.56. The molecule has 0 saturated heterocycles. The first kappa shape index (κ1) is 14.2. The fraction of sp³-hybridized carbons (Fsp3) is 0.200. The molecule has 0 spiro atoms. The van der Waals surface area contributed by atoms with Gasteiger partial charge in [-0.25, -0.2) is 0 Å². The summed E-state index contributed by atoms with van der Waals surface area (Å²) in [6, 6.07) is 8.82. The summed E-state index contributed by atoms with van der Waals surface area (Å²) >= 11 is 0. The van der Waals surface area contributed by atoms with Gasteiger partial charge in [0.1, 0.15) is 11.3 Å². The Balaban J connectivity index is 2.03. The molecule has 0 radical (unpaired) electrons. The SMILES string of the molecule is COc1nc2cnccc2n1Cc1ccccc1OC(F)F. The third-order valence-electron chi connectivity index (χ3n) is 3.22. The molecule has 0 amide bonds. The molecule has 2 heterocycles. The molecule has 0 aliphatic carbocycles.